The lowest BCUT2D eigenvalue weighted by molar-refractivity contribution is -0.124. The van der Waals surface area contributed by atoms with E-state index in [1.807, 2.05) is 17.1 Å². The molecule has 0 bridgehead atoms. The zero-order chi connectivity index (χ0) is 18.4. The minimum atomic E-state index is -0.0651. The summed E-state index contributed by atoms with van der Waals surface area (Å²) in [6.07, 6.45) is 6.85. The Hall–Kier alpha value is -2.19. The highest BCUT2D eigenvalue weighted by molar-refractivity contribution is 5.77. The molecule has 0 saturated heterocycles. The Morgan fingerprint density at radius 2 is 2.27 bits per heavy atom. The lowest BCUT2D eigenvalue weighted by Crippen LogP contribution is -2.32. The highest BCUT2D eigenvalue weighted by atomic mass is 16.5. The number of nitrogens with zero attached hydrogens (tertiary/aromatic N) is 5. The summed E-state index contributed by atoms with van der Waals surface area (Å²) in [5, 5.41) is 11.8. The fourth-order valence-electron chi connectivity index (χ4n) is 3.44. The summed E-state index contributed by atoms with van der Waals surface area (Å²) in [6, 6.07) is 2.09. The third-order valence-electron chi connectivity index (χ3n) is 4.70. The first kappa shape index (κ1) is 18.6. The molecule has 1 atom stereocenters. The molecule has 1 N–H and O–H groups in total. The summed E-state index contributed by atoms with van der Waals surface area (Å²) in [6.45, 7) is 7.36. The van der Waals surface area contributed by atoms with Crippen LogP contribution in [0.4, 0.5) is 0 Å². The van der Waals surface area contributed by atoms with Crippen LogP contribution in [0.1, 0.15) is 24.6 Å². The normalized spacial score (nSPS) is 17.7. The van der Waals surface area contributed by atoms with E-state index in [0.717, 1.165) is 39.1 Å². The monoisotopic (exact) mass is 360 g/mol. The van der Waals surface area contributed by atoms with E-state index in [1.165, 1.54) is 18.4 Å². The molecule has 0 fully saturated rings. The van der Waals surface area contributed by atoms with E-state index in [2.05, 4.69) is 44.3 Å². The van der Waals surface area contributed by atoms with Crippen LogP contribution >= 0.6 is 0 Å². The summed E-state index contributed by atoms with van der Waals surface area (Å²) in [5.74, 6) is 0.366. The maximum absolute atomic E-state index is 11.6. The molecule has 8 nitrogen and oxygen atoms in total. The van der Waals surface area contributed by atoms with Crippen molar-refractivity contribution < 1.29 is 9.53 Å². The summed E-state index contributed by atoms with van der Waals surface area (Å²) in [4.78, 5) is 14.0. The maximum atomic E-state index is 11.6. The lowest BCUT2D eigenvalue weighted by Gasteiger charge is -2.23. The number of fused-ring (bicyclic) bond motifs is 1. The van der Waals surface area contributed by atoms with E-state index in [-0.39, 0.29) is 12.5 Å². The van der Waals surface area contributed by atoms with Crippen LogP contribution in [0.15, 0.2) is 24.7 Å². The number of methoxy groups -OCH3 is 1. The summed E-state index contributed by atoms with van der Waals surface area (Å²) < 4.78 is 8.91. The number of aromatic nitrogens is 4. The Balaban J connectivity index is 1.61. The Morgan fingerprint density at radius 3 is 3.04 bits per heavy atom. The van der Waals surface area contributed by atoms with E-state index < -0.39 is 0 Å². The fraction of sp³-hybridized carbons (Fsp3) is 0.611. The van der Waals surface area contributed by atoms with Crippen molar-refractivity contribution in [3.8, 4) is 0 Å². The average molecular weight is 360 g/mol. The maximum Gasteiger partial charge on any atom is 0.245 e. The quantitative estimate of drug-likeness (QED) is 0.756. The van der Waals surface area contributed by atoms with Gasteiger partial charge in [-0.25, -0.2) is 0 Å². The molecule has 0 saturated carbocycles. The van der Waals surface area contributed by atoms with Gasteiger partial charge in [0.1, 0.15) is 6.61 Å². The number of carbonyl (C=O) groups is 1. The number of hydrogen-bond donors (Lipinski definition) is 1. The van der Waals surface area contributed by atoms with Crippen LogP contribution in [0, 0.1) is 5.92 Å². The van der Waals surface area contributed by atoms with Crippen LogP contribution < -0.4 is 5.32 Å². The minimum absolute atomic E-state index is 0.0651. The van der Waals surface area contributed by atoms with Gasteiger partial charge in [0.25, 0.3) is 0 Å². The molecule has 0 unspecified atom stereocenters. The van der Waals surface area contributed by atoms with Gasteiger partial charge in [0.2, 0.25) is 5.91 Å². The SMILES string of the molecule is CCn1cc(CN2Cc3ccnn3C[C@H](CCNC(=O)COC)C2)cn1. The molecule has 2 aromatic heterocycles. The van der Waals surface area contributed by atoms with Gasteiger partial charge >= 0.3 is 0 Å². The number of amides is 1. The minimum Gasteiger partial charge on any atom is -0.375 e. The van der Waals surface area contributed by atoms with Gasteiger partial charge in [-0.3, -0.25) is 19.1 Å². The highest BCUT2D eigenvalue weighted by Crippen LogP contribution is 2.19. The molecule has 1 aliphatic heterocycles. The van der Waals surface area contributed by atoms with Crippen molar-refractivity contribution in [1.82, 2.24) is 29.8 Å². The molecule has 0 aliphatic carbocycles. The third kappa shape index (κ3) is 4.92. The van der Waals surface area contributed by atoms with Crippen molar-refractivity contribution in [2.45, 2.75) is 39.5 Å². The van der Waals surface area contributed by atoms with Crippen LogP contribution in [0.2, 0.25) is 0 Å². The summed E-state index contributed by atoms with van der Waals surface area (Å²) in [5.41, 5.74) is 2.46. The largest absolute Gasteiger partial charge is 0.375 e. The van der Waals surface area contributed by atoms with Gasteiger partial charge in [-0.2, -0.15) is 10.2 Å². The number of rotatable bonds is 8. The third-order valence-corrected chi connectivity index (χ3v) is 4.70. The number of ether oxygens (including phenoxy) is 1. The number of nitrogens with one attached hydrogen (secondary N) is 1. The number of carbonyl (C=O) groups excluding carboxylic acids is 1. The molecule has 3 heterocycles. The molecule has 26 heavy (non-hydrogen) atoms. The van der Waals surface area contributed by atoms with Crippen molar-refractivity contribution in [1.29, 1.82) is 0 Å². The van der Waals surface area contributed by atoms with E-state index in [1.54, 1.807) is 0 Å². The Kier molecular flexibility index (Phi) is 6.40. The van der Waals surface area contributed by atoms with E-state index in [4.69, 9.17) is 4.74 Å². The summed E-state index contributed by atoms with van der Waals surface area (Å²) >= 11 is 0. The molecule has 3 rings (SSSR count). The van der Waals surface area contributed by atoms with Crippen LogP contribution in [0.3, 0.4) is 0 Å². The van der Waals surface area contributed by atoms with Crippen LogP contribution in [0.25, 0.3) is 0 Å². The molecule has 0 aromatic carbocycles. The van der Waals surface area contributed by atoms with Crippen LogP contribution in [-0.4, -0.2) is 57.2 Å². The molecular weight excluding hydrogens is 332 g/mol. The fourth-order valence-corrected chi connectivity index (χ4v) is 3.44. The van der Waals surface area contributed by atoms with Crippen molar-refractivity contribution >= 4 is 5.91 Å². The van der Waals surface area contributed by atoms with Gasteiger partial charge in [-0.15, -0.1) is 0 Å². The van der Waals surface area contributed by atoms with Crippen molar-refractivity contribution in [3.05, 3.63) is 35.9 Å². The molecule has 142 valence electrons. The van der Waals surface area contributed by atoms with Gasteiger partial charge < -0.3 is 10.1 Å². The predicted molar refractivity (Wildman–Crippen MR) is 97.2 cm³/mol. The van der Waals surface area contributed by atoms with E-state index in [0.29, 0.717) is 12.5 Å². The second-order valence-electron chi connectivity index (χ2n) is 6.82. The van der Waals surface area contributed by atoms with Crippen molar-refractivity contribution in [2.24, 2.45) is 5.92 Å². The Morgan fingerprint density at radius 1 is 1.38 bits per heavy atom. The van der Waals surface area contributed by atoms with Crippen molar-refractivity contribution in [2.75, 3.05) is 26.8 Å². The molecular formula is C18H28N6O2. The second-order valence-corrected chi connectivity index (χ2v) is 6.82. The van der Waals surface area contributed by atoms with E-state index in [9.17, 15) is 4.79 Å². The van der Waals surface area contributed by atoms with Gasteiger partial charge in [0.05, 0.1) is 11.9 Å². The molecule has 2 aromatic rings. The summed E-state index contributed by atoms with van der Waals surface area (Å²) in [7, 11) is 1.53. The Labute approximate surface area is 154 Å². The standard InChI is InChI=1S/C18H28N6O2/c1-3-23-11-16(8-21-23)10-22-9-15(4-6-19-18(25)14-26-2)12-24-17(13-22)5-7-20-24/h5,7-8,11,15H,3-4,6,9-10,12-14H2,1-2H3,(H,19,25)/t15-/m1/s1. The molecule has 0 spiro atoms. The van der Waals surface area contributed by atoms with Gasteiger partial charge in [-0.1, -0.05) is 0 Å². The van der Waals surface area contributed by atoms with Gasteiger partial charge in [0.15, 0.2) is 0 Å². The van der Waals surface area contributed by atoms with Crippen LogP contribution in [0.5, 0.6) is 0 Å². The Bertz CT molecular complexity index is 710. The predicted octanol–water partition coefficient (Wildman–Crippen LogP) is 0.884. The molecule has 1 amide bonds. The molecule has 0 radical (unpaired) electrons. The first-order valence-corrected chi connectivity index (χ1v) is 9.18. The topological polar surface area (TPSA) is 77.2 Å². The molecule has 1 aliphatic rings. The lowest BCUT2D eigenvalue weighted by atomic mass is 10.0. The first-order valence-electron chi connectivity index (χ1n) is 9.18. The number of aryl methyl sites for hydroxylation is 1. The van der Waals surface area contributed by atoms with E-state index >= 15 is 0 Å². The van der Waals surface area contributed by atoms with Gasteiger partial charge in [-0.05, 0) is 25.3 Å². The van der Waals surface area contributed by atoms with Gasteiger partial charge in [0, 0.05) is 64.3 Å². The first-order chi connectivity index (χ1) is 12.7. The smallest absolute Gasteiger partial charge is 0.245 e. The second kappa shape index (κ2) is 8.95. The zero-order valence-corrected chi connectivity index (χ0v) is 15.6. The van der Waals surface area contributed by atoms with Crippen LogP contribution in [-0.2, 0) is 35.7 Å². The number of hydrogen-bond acceptors (Lipinski definition) is 5. The zero-order valence-electron chi connectivity index (χ0n) is 15.6. The molecule has 8 heteroatoms. The highest BCUT2D eigenvalue weighted by Gasteiger charge is 2.22. The van der Waals surface area contributed by atoms with Crippen molar-refractivity contribution in [3.63, 3.8) is 0 Å². The average Bonchev–Trinajstić information content (AvgIpc) is 3.21.